The Labute approximate surface area is 162 Å². The van der Waals surface area contributed by atoms with E-state index in [2.05, 4.69) is 17.4 Å². The summed E-state index contributed by atoms with van der Waals surface area (Å²) in [6.45, 7) is 1.53. The van der Waals surface area contributed by atoms with Gasteiger partial charge in [0.05, 0.1) is 6.04 Å². The van der Waals surface area contributed by atoms with Crippen LogP contribution in [0.2, 0.25) is 0 Å². The Morgan fingerprint density at radius 3 is 2.59 bits per heavy atom. The largest absolute Gasteiger partial charge is 0.451 e. The molecule has 2 aromatic carbocycles. The smallest absolute Gasteiger partial charge is 0.287 e. The third-order valence-electron chi connectivity index (χ3n) is 4.67. The first-order valence-corrected chi connectivity index (χ1v) is 9.84. The predicted octanol–water partition coefficient (Wildman–Crippen LogP) is 5.12. The van der Waals surface area contributed by atoms with Crippen molar-refractivity contribution >= 4 is 23.5 Å². The van der Waals surface area contributed by atoms with Crippen LogP contribution in [0, 0.1) is 0 Å². The molecule has 0 bridgehead atoms. The van der Waals surface area contributed by atoms with Crippen molar-refractivity contribution in [3.05, 3.63) is 77.6 Å². The molecule has 1 unspecified atom stereocenters. The number of nitrogens with one attached hydrogen (secondary N) is 1. The highest BCUT2D eigenvalue weighted by Gasteiger charge is 2.23. The monoisotopic (exact) mass is 377 g/mol. The summed E-state index contributed by atoms with van der Waals surface area (Å²) in [6, 6.07) is 18.8. The van der Waals surface area contributed by atoms with E-state index < -0.39 is 0 Å². The van der Waals surface area contributed by atoms with Gasteiger partial charge < -0.3 is 9.73 Å². The molecule has 2 heterocycles. The van der Waals surface area contributed by atoms with Crippen LogP contribution in [0.4, 0.5) is 0 Å². The number of hydrogen-bond acceptors (Lipinski definition) is 4. The lowest BCUT2D eigenvalue weighted by Crippen LogP contribution is -2.30. The van der Waals surface area contributed by atoms with E-state index in [0.717, 1.165) is 23.3 Å². The van der Waals surface area contributed by atoms with Gasteiger partial charge in [-0.15, -0.1) is 11.8 Å². The Hall–Kier alpha value is -2.79. The first-order chi connectivity index (χ1) is 13.1. The van der Waals surface area contributed by atoms with Crippen LogP contribution < -0.4 is 5.32 Å². The third-order valence-corrected chi connectivity index (χ3v) is 5.79. The Balaban J connectivity index is 1.50. The molecule has 1 aliphatic rings. The maximum atomic E-state index is 12.7. The van der Waals surface area contributed by atoms with Crippen molar-refractivity contribution in [3.8, 4) is 11.3 Å². The van der Waals surface area contributed by atoms with Crippen LogP contribution in [-0.2, 0) is 0 Å². The molecule has 5 heteroatoms. The zero-order valence-electron chi connectivity index (χ0n) is 14.9. The zero-order valence-corrected chi connectivity index (χ0v) is 15.7. The maximum Gasteiger partial charge on any atom is 0.287 e. The maximum absolute atomic E-state index is 12.7. The van der Waals surface area contributed by atoms with E-state index in [1.54, 1.807) is 24.3 Å². The molecule has 1 N–H and O–H groups in total. The molecule has 0 saturated heterocycles. The molecule has 0 fully saturated rings. The summed E-state index contributed by atoms with van der Waals surface area (Å²) in [4.78, 5) is 25.3. The summed E-state index contributed by atoms with van der Waals surface area (Å²) >= 11 is 1.82. The highest BCUT2D eigenvalue weighted by Crippen LogP contribution is 2.36. The number of thioether (sulfide) groups is 1. The fraction of sp³-hybridized carbons (Fsp3) is 0.182. The van der Waals surface area contributed by atoms with E-state index in [9.17, 15) is 9.59 Å². The van der Waals surface area contributed by atoms with Gasteiger partial charge in [0.1, 0.15) is 5.76 Å². The van der Waals surface area contributed by atoms with Gasteiger partial charge in [-0.05, 0) is 37.1 Å². The molecule has 4 rings (SSSR count). The summed E-state index contributed by atoms with van der Waals surface area (Å²) in [5.74, 6) is 1.68. The first kappa shape index (κ1) is 17.6. The molecule has 0 aliphatic carbocycles. The lowest BCUT2D eigenvalue weighted by Gasteiger charge is -2.25. The van der Waals surface area contributed by atoms with Crippen molar-refractivity contribution < 1.29 is 14.0 Å². The minimum absolute atomic E-state index is 0.00153. The van der Waals surface area contributed by atoms with Gasteiger partial charge in [-0.25, -0.2) is 0 Å². The number of fused-ring (bicyclic) bond motifs is 1. The number of benzene rings is 2. The number of hydrogen-bond donors (Lipinski definition) is 1. The Kier molecular flexibility index (Phi) is 4.86. The minimum atomic E-state index is -0.215. The fourth-order valence-corrected chi connectivity index (χ4v) is 4.33. The molecule has 0 saturated carbocycles. The van der Waals surface area contributed by atoms with E-state index in [1.165, 1.54) is 11.8 Å². The third kappa shape index (κ3) is 3.69. The second kappa shape index (κ2) is 7.45. The topological polar surface area (TPSA) is 59.3 Å². The zero-order chi connectivity index (χ0) is 18.8. The van der Waals surface area contributed by atoms with Crippen LogP contribution in [0.1, 0.15) is 45.9 Å². The molecule has 1 amide bonds. The average Bonchev–Trinajstić information content (AvgIpc) is 3.19. The summed E-state index contributed by atoms with van der Waals surface area (Å²) in [5, 5.41) is 3.09. The highest BCUT2D eigenvalue weighted by atomic mass is 32.2. The molecule has 0 radical (unpaired) electrons. The number of furan rings is 1. The molecule has 27 heavy (non-hydrogen) atoms. The van der Waals surface area contributed by atoms with E-state index in [0.29, 0.717) is 11.3 Å². The van der Waals surface area contributed by atoms with Crippen molar-refractivity contribution in [1.29, 1.82) is 0 Å². The van der Waals surface area contributed by atoms with Gasteiger partial charge in [-0.1, -0.05) is 42.5 Å². The van der Waals surface area contributed by atoms with Gasteiger partial charge in [-0.3, -0.25) is 9.59 Å². The molecule has 0 spiro atoms. The number of carbonyl (C=O) groups excluding carboxylic acids is 2. The number of ketones is 1. The number of carbonyl (C=O) groups is 2. The molecule has 1 aromatic heterocycles. The van der Waals surface area contributed by atoms with Crippen LogP contribution in [0.5, 0.6) is 0 Å². The molecule has 136 valence electrons. The standard InChI is InChI=1S/C22H19NO3S/c1-14(24)15-6-8-16(9-7-15)19-10-11-20(26-19)22(25)23-18-12-13-27-21-5-3-2-4-17(18)21/h2-11,18H,12-13H2,1H3,(H,23,25). The van der Waals surface area contributed by atoms with Gasteiger partial charge in [0, 0.05) is 21.8 Å². The van der Waals surface area contributed by atoms with E-state index >= 15 is 0 Å². The molecule has 4 nitrogen and oxygen atoms in total. The van der Waals surface area contributed by atoms with Crippen LogP contribution in [0.15, 0.2) is 70.0 Å². The van der Waals surface area contributed by atoms with Crippen LogP contribution in [0.3, 0.4) is 0 Å². The lowest BCUT2D eigenvalue weighted by atomic mass is 10.0. The van der Waals surface area contributed by atoms with Crippen molar-refractivity contribution in [1.82, 2.24) is 5.32 Å². The molecule has 3 aromatic rings. The highest BCUT2D eigenvalue weighted by molar-refractivity contribution is 7.99. The summed E-state index contributed by atoms with van der Waals surface area (Å²) < 4.78 is 5.76. The van der Waals surface area contributed by atoms with Crippen LogP contribution >= 0.6 is 11.8 Å². The average molecular weight is 377 g/mol. The van der Waals surface area contributed by atoms with Crippen molar-refractivity contribution in [2.24, 2.45) is 0 Å². The van der Waals surface area contributed by atoms with Gasteiger partial charge in [-0.2, -0.15) is 0 Å². The molecular formula is C22H19NO3S. The second-order valence-electron chi connectivity index (χ2n) is 6.50. The van der Waals surface area contributed by atoms with Crippen molar-refractivity contribution in [3.63, 3.8) is 0 Å². The molecular weight excluding hydrogens is 358 g/mol. The summed E-state index contributed by atoms with van der Waals surface area (Å²) in [5.41, 5.74) is 2.64. The SMILES string of the molecule is CC(=O)c1ccc(-c2ccc(C(=O)NC3CCSc4ccccc43)o2)cc1. The normalized spacial score (nSPS) is 15.8. The fourth-order valence-electron chi connectivity index (χ4n) is 3.21. The van der Waals surface area contributed by atoms with Gasteiger partial charge in [0.15, 0.2) is 11.5 Å². The van der Waals surface area contributed by atoms with Crippen LogP contribution in [0.25, 0.3) is 11.3 Å². The quantitative estimate of drug-likeness (QED) is 0.642. The van der Waals surface area contributed by atoms with Gasteiger partial charge in [0.2, 0.25) is 0 Å². The summed E-state index contributed by atoms with van der Waals surface area (Å²) in [6.07, 6.45) is 0.896. The first-order valence-electron chi connectivity index (χ1n) is 8.85. The number of amides is 1. The van der Waals surface area contributed by atoms with Gasteiger partial charge >= 0.3 is 0 Å². The Bertz CT molecular complexity index is 991. The van der Waals surface area contributed by atoms with Crippen molar-refractivity contribution in [2.45, 2.75) is 24.3 Å². The lowest BCUT2D eigenvalue weighted by molar-refractivity contribution is 0.0907. The van der Waals surface area contributed by atoms with Gasteiger partial charge in [0.25, 0.3) is 5.91 Å². The Morgan fingerprint density at radius 1 is 1.04 bits per heavy atom. The number of Topliss-reactive ketones (excluding diaryl/α,β-unsaturated/α-hetero) is 1. The van der Waals surface area contributed by atoms with E-state index in [1.807, 2.05) is 36.0 Å². The predicted molar refractivity (Wildman–Crippen MR) is 106 cm³/mol. The Morgan fingerprint density at radius 2 is 1.81 bits per heavy atom. The number of rotatable bonds is 4. The second-order valence-corrected chi connectivity index (χ2v) is 7.64. The van der Waals surface area contributed by atoms with E-state index in [4.69, 9.17) is 4.42 Å². The summed E-state index contributed by atoms with van der Waals surface area (Å²) in [7, 11) is 0. The van der Waals surface area contributed by atoms with Crippen molar-refractivity contribution in [2.75, 3.05) is 5.75 Å². The van der Waals surface area contributed by atoms with E-state index in [-0.39, 0.29) is 23.5 Å². The molecule has 1 atom stereocenters. The van der Waals surface area contributed by atoms with Crippen LogP contribution in [-0.4, -0.2) is 17.4 Å². The minimum Gasteiger partial charge on any atom is -0.451 e. The molecule has 1 aliphatic heterocycles.